The molecule has 0 saturated heterocycles. The number of amides is 1. The zero-order chi connectivity index (χ0) is 24.5. The molecule has 11 heteroatoms. The van der Waals surface area contributed by atoms with E-state index in [0.717, 1.165) is 6.07 Å². The Balaban J connectivity index is 1.65. The minimum Gasteiger partial charge on any atom is -0.390 e. The van der Waals surface area contributed by atoms with Crippen molar-refractivity contribution >= 4 is 33.0 Å². The number of anilines is 1. The third-order valence-electron chi connectivity index (χ3n) is 6.98. The third kappa shape index (κ3) is 3.63. The van der Waals surface area contributed by atoms with Crippen LogP contribution in [-0.4, -0.2) is 41.5 Å². The van der Waals surface area contributed by atoms with Crippen molar-refractivity contribution in [1.29, 1.82) is 0 Å². The van der Waals surface area contributed by atoms with Crippen LogP contribution in [0.4, 0.5) is 18.9 Å². The second-order valence-corrected chi connectivity index (χ2v) is 11.3. The highest BCUT2D eigenvalue weighted by Gasteiger charge is 2.71. The maximum Gasteiger partial charge on any atom is 0.255 e. The number of sulfone groups is 1. The van der Waals surface area contributed by atoms with Crippen LogP contribution in [0.3, 0.4) is 0 Å². The highest BCUT2D eigenvalue weighted by atomic mass is 35.5. The Labute approximate surface area is 193 Å². The number of hydrogen-bond acceptors (Lipinski definition) is 5. The van der Waals surface area contributed by atoms with Gasteiger partial charge in [0.1, 0.15) is 0 Å². The molecule has 0 spiro atoms. The highest BCUT2D eigenvalue weighted by Crippen LogP contribution is 2.63. The SMILES string of the molecule is CC(O)[C@@]1(O)CC2[C@H](C)C1[C@@H]2S(=O)(=O)c1cc(C(=O)Nc2cc(F)c(F)c(F)c2)ccc1Cl. The molecule has 6 atom stereocenters. The number of carbonyl (C=O) groups is 1. The van der Waals surface area contributed by atoms with Crippen LogP contribution in [-0.2, 0) is 9.84 Å². The van der Waals surface area contributed by atoms with Gasteiger partial charge in [-0.1, -0.05) is 18.5 Å². The zero-order valence-electron chi connectivity index (χ0n) is 17.5. The molecule has 0 aliphatic heterocycles. The van der Waals surface area contributed by atoms with Crippen molar-refractivity contribution in [2.45, 2.75) is 42.1 Å². The minimum absolute atomic E-state index is 0.125. The molecule has 3 fully saturated rings. The summed E-state index contributed by atoms with van der Waals surface area (Å²) in [5.74, 6) is -6.79. The summed E-state index contributed by atoms with van der Waals surface area (Å²) in [6, 6.07) is 4.67. The van der Waals surface area contributed by atoms with Crippen LogP contribution in [0.25, 0.3) is 0 Å². The van der Waals surface area contributed by atoms with E-state index in [0.29, 0.717) is 12.1 Å². The Hall–Kier alpha value is -2.14. The summed E-state index contributed by atoms with van der Waals surface area (Å²) in [4.78, 5) is 12.3. The Morgan fingerprint density at radius 1 is 1.21 bits per heavy atom. The topological polar surface area (TPSA) is 104 Å². The van der Waals surface area contributed by atoms with Crippen LogP contribution < -0.4 is 5.32 Å². The largest absolute Gasteiger partial charge is 0.390 e. The van der Waals surface area contributed by atoms with Crippen molar-refractivity contribution in [1.82, 2.24) is 0 Å². The molecule has 5 rings (SSSR count). The Morgan fingerprint density at radius 2 is 1.82 bits per heavy atom. The number of nitrogens with one attached hydrogen (secondary N) is 1. The summed E-state index contributed by atoms with van der Waals surface area (Å²) in [6.45, 7) is 3.23. The number of benzene rings is 2. The van der Waals surface area contributed by atoms with E-state index in [-0.39, 0.29) is 33.5 Å². The van der Waals surface area contributed by atoms with Crippen molar-refractivity contribution in [2.24, 2.45) is 17.8 Å². The number of fused-ring (bicyclic) bond motifs is 1. The van der Waals surface area contributed by atoms with Gasteiger partial charge in [0.2, 0.25) is 0 Å². The summed E-state index contributed by atoms with van der Waals surface area (Å²) in [5, 5.41) is 22.0. The quantitative estimate of drug-likeness (QED) is 0.541. The molecule has 178 valence electrons. The van der Waals surface area contributed by atoms with Gasteiger partial charge in [-0.25, -0.2) is 21.6 Å². The van der Waals surface area contributed by atoms with Crippen molar-refractivity contribution in [3.63, 3.8) is 0 Å². The first-order valence-corrected chi connectivity index (χ1v) is 12.1. The molecule has 3 aliphatic carbocycles. The molecule has 2 aromatic carbocycles. The molecule has 3 N–H and O–H groups in total. The molecule has 33 heavy (non-hydrogen) atoms. The van der Waals surface area contributed by atoms with Gasteiger partial charge in [-0.3, -0.25) is 4.79 Å². The van der Waals surface area contributed by atoms with Gasteiger partial charge in [0, 0.05) is 29.3 Å². The van der Waals surface area contributed by atoms with Gasteiger partial charge in [0.05, 0.1) is 26.9 Å². The molecular weight excluding hydrogens is 483 g/mol. The lowest BCUT2D eigenvalue weighted by molar-refractivity contribution is -0.0929. The molecule has 2 aromatic rings. The number of halogens is 4. The second kappa shape index (κ2) is 7.97. The second-order valence-electron chi connectivity index (χ2n) is 8.78. The molecule has 3 aliphatic rings. The summed E-state index contributed by atoms with van der Waals surface area (Å²) in [5.41, 5.74) is -2.06. The average Bonchev–Trinajstić information content (AvgIpc) is 3.21. The zero-order valence-corrected chi connectivity index (χ0v) is 19.1. The van der Waals surface area contributed by atoms with Crippen LogP contribution in [0.2, 0.25) is 5.02 Å². The van der Waals surface area contributed by atoms with E-state index in [4.69, 9.17) is 11.6 Å². The lowest BCUT2D eigenvalue weighted by atomic mass is 9.70. The fourth-order valence-corrected chi connectivity index (χ4v) is 8.29. The van der Waals surface area contributed by atoms with E-state index in [1.54, 1.807) is 0 Å². The van der Waals surface area contributed by atoms with Crippen LogP contribution >= 0.6 is 11.6 Å². The van der Waals surface area contributed by atoms with Crippen LogP contribution in [0, 0.1) is 35.2 Å². The number of rotatable bonds is 5. The fourth-order valence-electron chi connectivity index (χ4n) is 5.25. The Kier molecular flexibility index (Phi) is 5.80. The average molecular weight is 504 g/mol. The lowest BCUT2D eigenvalue weighted by Gasteiger charge is -2.45. The van der Waals surface area contributed by atoms with Gasteiger partial charge in [-0.15, -0.1) is 0 Å². The number of carbonyl (C=O) groups excluding carboxylic acids is 1. The number of aliphatic hydroxyl groups excluding tert-OH is 1. The first kappa shape index (κ1) is 24.0. The van der Waals surface area contributed by atoms with E-state index >= 15 is 0 Å². The van der Waals surface area contributed by atoms with Crippen molar-refractivity contribution in [3.05, 3.63) is 58.4 Å². The minimum atomic E-state index is -4.11. The highest BCUT2D eigenvalue weighted by molar-refractivity contribution is 7.92. The fraction of sp³-hybridized carbons (Fsp3) is 0.409. The van der Waals surface area contributed by atoms with Gasteiger partial charge in [0.15, 0.2) is 27.3 Å². The van der Waals surface area contributed by atoms with Crippen molar-refractivity contribution < 1.29 is 36.6 Å². The van der Waals surface area contributed by atoms with Crippen LogP contribution in [0.15, 0.2) is 35.2 Å². The van der Waals surface area contributed by atoms with Crippen LogP contribution in [0.5, 0.6) is 0 Å². The van der Waals surface area contributed by atoms with Gasteiger partial charge >= 0.3 is 0 Å². The monoisotopic (exact) mass is 503 g/mol. The molecule has 2 bridgehead atoms. The van der Waals surface area contributed by atoms with Gasteiger partial charge in [-0.2, -0.15) is 0 Å². The van der Waals surface area contributed by atoms with Crippen molar-refractivity contribution in [3.8, 4) is 0 Å². The predicted molar refractivity (Wildman–Crippen MR) is 114 cm³/mol. The van der Waals surface area contributed by atoms with E-state index in [9.17, 15) is 36.6 Å². The van der Waals surface area contributed by atoms with E-state index in [1.165, 1.54) is 19.1 Å². The van der Waals surface area contributed by atoms with E-state index in [2.05, 4.69) is 5.32 Å². The summed E-state index contributed by atoms with van der Waals surface area (Å²) in [6.07, 6.45) is -1.00. The smallest absolute Gasteiger partial charge is 0.255 e. The molecule has 3 saturated carbocycles. The normalized spacial score (nSPS) is 29.5. The van der Waals surface area contributed by atoms with Gasteiger partial charge < -0.3 is 15.5 Å². The number of aliphatic hydroxyl groups is 2. The first-order valence-electron chi connectivity index (χ1n) is 10.2. The summed E-state index contributed by atoms with van der Waals surface area (Å²) >= 11 is 6.15. The summed E-state index contributed by atoms with van der Waals surface area (Å²) in [7, 11) is -4.11. The molecule has 0 radical (unpaired) electrons. The maximum atomic E-state index is 13.5. The molecule has 0 heterocycles. The van der Waals surface area contributed by atoms with Crippen molar-refractivity contribution in [2.75, 3.05) is 5.32 Å². The molecule has 3 unspecified atom stereocenters. The van der Waals surface area contributed by atoms with E-state index in [1.807, 2.05) is 6.92 Å². The molecule has 6 nitrogen and oxygen atoms in total. The van der Waals surface area contributed by atoms with Gasteiger partial charge in [-0.05, 0) is 43.4 Å². The first-order chi connectivity index (χ1) is 15.3. The molecule has 1 amide bonds. The number of hydrogen-bond donors (Lipinski definition) is 3. The summed E-state index contributed by atoms with van der Waals surface area (Å²) < 4.78 is 66.9. The maximum absolute atomic E-state index is 13.5. The molecular formula is C22H21ClF3NO5S. The van der Waals surface area contributed by atoms with E-state index < -0.39 is 62.0 Å². The predicted octanol–water partition coefficient (Wildman–Crippen LogP) is 3.55. The Bertz CT molecular complexity index is 1230. The van der Waals surface area contributed by atoms with Gasteiger partial charge in [0.25, 0.3) is 5.91 Å². The molecule has 0 aromatic heterocycles. The third-order valence-corrected chi connectivity index (χ3v) is 9.73. The standard InChI is InChI=1S/C22H21ClF3NO5S/c1-9-13-8-22(30,10(2)28)18(9)20(13)33(31,32)17-5-11(3-4-14(17)23)21(29)27-12-6-15(24)19(26)16(25)7-12/h3-7,9-10,13,18,20,28,30H,8H2,1-2H3,(H,27,29)/t9-,10?,13?,18?,20+,22-/m0/s1. The lowest BCUT2D eigenvalue weighted by Crippen LogP contribution is -2.55. The van der Waals surface area contributed by atoms with Crippen LogP contribution in [0.1, 0.15) is 30.6 Å². The Morgan fingerprint density at radius 3 is 2.36 bits per heavy atom.